The first-order valence-electron chi connectivity index (χ1n) is 6.56. The van der Waals surface area contributed by atoms with Gasteiger partial charge in [-0.05, 0) is 25.2 Å². The van der Waals surface area contributed by atoms with Gasteiger partial charge >= 0.3 is 0 Å². The fourth-order valence-electron chi connectivity index (χ4n) is 1.46. The van der Waals surface area contributed by atoms with Crippen LogP contribution in [-0.4, -0.2) is 34.8 Å². The summed E-state index contributed by atoms with van der Waals surface area (Å²) < 4.78 is 5.43. The van der Waals surface area contributed by atoms with Gasteiger partial charge in [-0.2, -0.15) is 4.98 Å². The summed E-state index contributed by atoms with van der Waals surface area (Å²) in [5.41, 5.74) is 0. The van der Waals surface area contributed by atoms with Crippen LogP contribution in [0, 0.1) is 5.92 Å². The molecular weight excluding hydrogens is 230 g/mol. The van der Waals surface area contributed by atoms with Crippen molar-refractivity contribution in [2.75, 3.05) is 25.1 Å². The fraction of sp³-hybridized carbons (Fsp3) is 0.692. The summed E-state index contributed by atoms with van der Waals surface area (Å²) in [5, 5.41) is 12.1. The molecule has 1 aromatic rings. The van der Waals surface area contributed by atoms with Gasteiger partial charge in [0.05, 0.1) is 6.61 Å². The molecule has 0 saturated carbocycles. The van der Waals surface area contributed by atoms with Crippen LogP contribution in [-0.2, 0) is 0 Å². The predicted octanol–water partition coefficient (Wildman–Crippen LogP) is 2.09. The molecule has 0 aromatic carbocycles. The third-order valence-electron chi connectivity index (χ3n) is 2.55. The predicted molar refractivity (Wildman–Crippen MR) is 71.8 cm³/mol. The van der Waals surface area contributed by atoms with Crippen LogP contribution in [0.25, 0.3) is 0 Å². The van der Waals surface area contributed by atoms with E-state index in [1.165, 1.54) is 0 Å². The first-order valence-corrected chi connectivity index (χ1v) is 6.56. The summed E-state index contributed by atoms with van der Waals surface area (Å²) in [6.07, 6.45) is 4.64. The lowest BCUT2D eigenvalue weighted by Crippen LogP contribution is -2.09. The zero-order chi connectivity index (χ0) is 13.2. The molecule has 0 fully saturated rings. The van der Waals surface area contributed by atoms with Gasteiger partial charge in [0.15, 0.2) is 0 Å². The summed E-state index contributed by atoms with van der Waals surface area (Å²) in [7, 11) is 0. The number of hydrogen-bond donors (Lipinski definition) is 2. The van der Waals surface area contributed by atoms with Gasteiger partial charge in [0.25, 0.3) is 0 Å². The van der Waals surface area contributed by atoms with Gasteiger partial charge in [-0.15, -0.1) is 0 Å². The van der Waals surface area contributed by atoms with Crippen molar-refractivity contribution in [3.63, 3.8) is 0 Å². The number of anilines is 1. The minimum Gasteiger partial charge on any atom is -0.478 e. The van der Waals surface area contributed by atoms with Gasteiger partial charge in [0.1, 0.15) is 0 Å². The van der Waals surface area contributed by atoms with E-state index in [-0.39, 0.29) is 6.61 Å². The molecule has 0 bridgehead atoms. The summed E-state index contributed by atoms with van der Waals surface area (Å²) in [6, 6.07) is 1.76. The molecule has 0 amide bonds. The van der Waals surface area contributed by atoms with E-state index in [2.05, 4.69) is 22.2 Å². The minimum absolute atomic E-state index is 0.247. The fourth-order valence-corrected chi connectivity index (χ4v) is 1.46. The molecule has 0 aliphatic carbocycles. The van der Waals surface area contributed by atoms with Crippen LogP contribution in [0.15, 0.2) is 12.3 Å². The SMILES string of the molecule is CCCOc1ccnc(NCCCC(C)CO)n1. The van der Waals surface area contributed by atoms with Crippen molar-refractivity contribution < 1.29 is 9.84 Å². The van der Waals surface area contributed by atoms with Gasteiger partial charge in [0, 0.05) is 25.4 Å². The molecule has 102 valence electrons. The second-order valence-electron chi connectivity index (χ2n) is 4.42. The van der Waals surface area contributed by atoms with Crippen molar-refractivity contribution in [1.29, 1.82) is 0 Å². The highest BCUT2D eigenvalue weighted by molar-refractivity contribution is 5.27. The number of aliphatic hydroxyl groups is 1. The maximum atomic E-state index is 8.91. The van der Waals surface area contributed by atoms with Crippen molar-refractivity contribution in [3.8, 4) is 5.88 Å². The van der Waals surface area contributed by atoms with Crippen LogP contribution in [0.1, 0.15) is 33.1 Å². The molecule has 0 spiro atoms. The maximum absolute atomic E-state index is 8.91. The highest BCUT2D eigenvalue weighted by atomic mass is 16.5. The van der Waals surface area contributed by atoms with Crippen LogP contribution in [0.4, 0.5) is 5.95 Å². The van der Waals surface area contributed by atoms with E-state index in [1.54, 1.807) is 12.3 Å². The second-order valence-corrected chi connectivity index (χ2v) is 4.42. The Morgan fingerprint density at radius 1 is 1.50 bits per heavy atom. The quantitative estimate of drug-likeness (QED) is 0.660. The Hall–Kier alpha value is -1.36. The lowest BCUT2D eigenvalue weighted by atomic mass is 10.1. The summed E-state index contributed by atoms with van der Waals surface area (Å²) in [6.45, 7) is 5.82. The summed E-state index contributed by atoms with van der Waals surface area (Å²) in [4.78, 5) is 8.39. The lowest BCUT2D eigenvalue weighted by molar-refractivity contribution is 0.229. The smallest absolute Gasteiger partial charge is 0.225 e. The van der Waals surface area contributed by atoms with Gasteiger partial charge < -0.3 is 15.2 Å². The molecule has 1 heterocycles. The molecule has 1 unspecified atom stereocenters. The van der Waals surface area contributed by atoms with Crippen molar-refractivity contribution in [3.05, 3.63) is 12.3 Å². The Balaban J connectivity index is 2.29. The average Bonchev–Trinajstić information content (AvgIpc) is 2.41. The first kappa shape index (κ1) is 14.7. The normalized spacial score (nSPS) is 12.2. The number of aliphatic hydroxyl groups excluding tert-OH is 1. The third kappa shape index (κ3) is 5.82. The van der Waals surface area contributed by atoms with E-state index in [0.717, 1.165) is 25.8 Å². The van der Waals surface area contributed by atoms with Crippen LogP contribution < -0.4 is 10.1 Å². The van der Waals surface area contributed by atoms with Gasteiger partial charge in [-0.1, -0.05) is 13.8 Å². The molecule has 2 N–H and O–H groups in total. The van der Waals surface area contributed by atoms with E-state index in [4.69, 9.17) is 9.84 Å². The zero-order valence-corrected chi connectivity index (χ0v) is 11.2. The summed E-state index contributed by atoms with van der Waals surface area (Å²) >= 11 is 0. The molecule has 5 heteroatoms. The molecule has 0 radical (unpaired) electrons. The van der Waals surface area contributed by atoms with Crippen molar-refractivity contribution >= 4 is 5.95 Å². The van der Waals surface area contributed by atoms with Crippen molar-refractivity contribution in [2.45, 2.75) is 33.1 Å². The number of hydrogen-bond acceptors (Lipinski definition) is 5. The Kier molecular flexibility index (Phi) is 7.10. The van der Waals surface area contributed by atoms with Crippen LogP contribution >= 0.6 is 0 Å². The highest BCUT2D eigenvalue weighted by Gasteiger charge is 2.01. The Labute approximate surface area is 109 Å². The van der Waals surface area contributed by atoms with E-state index in [0.29, 0.717) is 24.4 Å². The topological polar surface area (TPSA) is 67.3 Å². The Morgan fingerprint density at radius 2 is 2.33 bits per heavy atom. The number of aromatic nitrogens is 2. The van der Waals surface area contributed by atoms with Crippen molar-refractivity contribution in [2.24, 2.45) is 5.92 Å². The van der Waals surface area contributed by atoms with Crippen LogP contribution in [0.5, 0.6) is 5.88 Å². The Bertz CT molecular complexity index is 334. The number of nitrogens with one attached hydrogen (secondary N) is 1. The highest BCUT2D eigenvalue weighted by Crippen LogP contribution is 2.09. The largest absolute Gasteiger partial charge is 0.478 e. The standard InChI is InChI=1S/C13H23N3O2/c1-3-9-18-12-6-8-15-13(16-12)14-7-4-5-11(2)10-17/h6,8,11,17H,3-5,7,9-10H2,1-2H3,(H,14,15,16). The van der Waals surface area contributed by atoms with E-state index in [1.807, 2.05) is 6.92 Å². The Morgan fingerprint density at radius 3 is 3.06 bits per heavy atom. The van der Waals surface area contributed by atoms with Gasteiger partial charge in [-0.3, -0.25) is 0 Å². The summed E-state index contributed by atoms with van der Waals surface area (Å²) in [5.74, 6) is 1.56. The molecule has 18 heavy (non-hydrogen) atoms. The molecule has 0 saturated heterocycles. The minimum atomic E-state index is 0.247. The van der Waals surface area contributed by atoms with Crippen LogP contribution in [0.2, 0.25) is 0 Å². The molecular formula is C13H23N3O2. The molecule has 1 atom stereocenters. The molecule has 1 aromatic heterocycles. The maximum Gasteiger partial charge on any atom is 0.225 e. The number of ether oxygens (including phenoxy) is 1. The number of rotatable bonds is 9. The third-order valence-corrected chi connectivity index (χ3v) is 2.55. The van der Waals surface area contributed by atoms with Crippen LogP contribution in [0.3, 0.4) is 0 Å². The zero-order valence-electron chi connectivity index (χ0n) is 11.2. The van der Waals surface area contributed by atoms with Crippen molar-refractivity contribution in [1.82, 2.24) is 9.97 Å². The van der Waals surface area contributed by atoms with E-state index < -0.39 is 0 Å². The lowest BCUT2D eigenvalue weighted by Gasteiger charge is -2.09. The van der Waals surface area contributed by atoms with Gasteiger partial charge in [-0.25, -0.2) is 4.98 Å². The molecule has 5 nitrogen and oxygen atoms in total. The van der Waals surface area contributed by atoms with Gasteiger partial charge in [0.2, 0.25) is 11.8 Å². The average molecular weight is 253 g/mol. The molecule has 0 aliphatic rings. The van der Waals surface area contributed by atoms with E-state index >= 15 is 0 Å². The van der Waals surface area contributed by atoms with E-state index in [9.17, 15) is 0 Å². The second kappa shape index (κ2) is 8.69. The molecule has 0 aliphatic heterocycles. The monoisotopic (exact) mass is 253 g/mol. The number of nitrogens with zero attached hydrogens (tertiary/aromatic N) is 2. The molecule has 1 rings (SSSR count). The first-order chi connectivity index (χ1) is 8.76.